The number of unbranched alkanes of at least 4 members (excludes halogenated alkanes) is 1. The highest BCUT2D eigenvalue weighted by Crippen LogP contribution is 2.15. The van der Waals surface area contributed by atoms with Gasteiger partial charge in [0.25, 0.3) is 5.91 Å². The van der Waals surface area contributed by atoms with Crippen LogP contribution in [-0.2, 0) is 47.7 Å². The third-order valence-corrected chi connectivity index (χ3v) is 9.63. The summed E-state index contributed by atoms with van der Waals surface area (Å²) >= 11 is 5.34. The van der Waals surface area contributed by atoms with E-state index in [1.54, 1.807) is 19.4 Å². The van der Waals surface area contributed by atoms with Gasteiger partial charge in [-0.05, 0) is 82.1 Å². The third-order valence-electron chi connectivity index (χ3n) is 9.38. The number of aliphatic imine (C=N–C) groups is 1. The van der Waals surface area contributed by atoms with Gasteiger partial charge >= 0.3 is 0 Å². The van der Waals surface area contributed by atoms with Gasteiger partial charge in [-0.2, -0.15) is 5.10 Å². The van der Waals surface area contributed by atoms with Gasteiger partial charge in [-0.15, -0.1) is 0 Å². The Morgan fingerprint density at radius 3 is 1.99 bits per heavy atom. The fourth-order valence-corrected chi connectivity index (χ4v) is 5.89. The fraction of sp³-hybridized carbons (Fsp3) is 0.568. The Labute approximate surface area is 398 Å². The van der Waals surface area contributed by atoms with Crippen molar-refractivity contribution in [2.45, 2.75) is 64.5 Å². The molecule has 1 aromatic carbocycles. The van der Waals surface area contributed by atoms with Crippen LogP contribution in [-0.4, -0.2) is 169 Å². The monoisotopic (exact) mass is 959 g/mol. The zero-order chi connectivity index (χ0) is 49.1. The molecular weight excluding hydrogens is 891 g/mol. The smallest absolute Gasteiger partial charge is 0.251 e. The van der Waals surface area contributed by atoms with Crippen molar-refractivity contribution >= 4 is 70.4 Å². The number of amides is 6. The number of hydrogen-bond donors (Lipinski definition) is 8. The zero-order valence-corrected chi connectivity index (χ0v) is 39.7. The number of hydrazone groups is 1. The van der Waals surface area contributed by atoms with Crippen molar-refractivity contribution in [3.05, 3.63) is 48.7 Å². The van der Waals surface area contributed by atoms with Gasteiger partial charge in [0.15, 0.2) is 5.11 Å². The lowest BCUT2D eigenvalue weighted by atomic mass is 10.2. The first-order valence-electron chi connectivity index (χ1n) is 22.2. The van der Waals surface area contributed by atoms with Gasteiger partial charge in [-0.3, -0.25) is 33.8 Å². The van der Waals surface area contributed by atoms with Crippen LogP contribution in [0.15, 0.2) is 58.8 Å². The summed E-state index contributed by atoms with van der Waals surface area (Å²) in [5.41, 5.74) is 2.09. The second kappa shape index (κ2) is 35.2. The first kappa shape index (κ1) is 57.1. The maximum Gasteiger partial charge on any atom is 0.251 e. The molecule has 2 unspecified atom stereocenters. The van der Waals surface area contributed by atoms with E-state index in [4.69, 9.17) is 41.7 Å². The summed E-state index contributed by atoms with van der Waals surface area (Å²) in [6.07, 6.45) is 7.70. The number of nitrogens with one attached hydrogen (secondary N) is 7. The maximum absolute atomic E-state index is 12.5. The summed E-state index contributed by atoms with van der Waals surface area (Å²) in [7, 11) is 1.61. The van der Waals surface area contributed by atoms with E-state index in [-0.39, 0.29) is 56.9 Å². The highest BCUT2D eigenvalue weighted by atomic mass is 32.1. The number of anilines is 1. The van der Waals surface area contributed by atoms with Gasteiger partial charge < -0.3 is 71.6 Å². The number of carbonyl (C=O) groups excluding carboxylic acids is 6. The van der Waals surface area contributed by atoms with Crippen LogP contribution in [0, 0.1) is 0 Å². The highest BCUT2D eigenvalue weighted by molar-refractivity contribution is 7.80. The van der Waals surface area contributed by atoms with Crippen molar-refractivity contribution in [3.8, 4) is 5.75 Å². The van der Waals surface area contributed by atoms with Crippen LogP contribution in [0.4, 0.5) is 5.69 Å². The van der Waals surface area contributed by atoms with Gasteiger partial charge in [-0.25, -0.2) is 0 Å². The first-order valence-corrected chi connectivity index (χ1v) is 22.6. The van der Waals surface area contributed by atoms with Crippen LogP contribution in [0.1, 0.15) is 52.4 Å². The minimum Gasteiger partial charge on any atom is -0.497 e. The molecule has 6 amide bonds. The molecule has 67 heavy (non-hydrogen) atoms. The Hall–Kier alpha value is -6.01. The molecule has 22 nitrogen and oxygen atoms in total. The second-order valence-electron chi connectivity index (χ2n) is 14.8. The number of nitrogens with zero attached hydrogens (tertiary/aromatic N) is 3. The largest absolute Gasteiger partial charge is 0.497 e. The quantitative estimate of drug-likeness (QED) is 0.0145. The zero-order valence-electron chi connectivity index (χ0n) is 38.9. The minimum absolute atomic E-state index is 0.134. The molecule has 1 aromatic rings. The van der Waals surface area contributed by atoms with Crippen molar-refractivity contribution in [3.63, 3.8) is 0 Å². The summed E-state index contributed by atoms with van der Waals surface area (Å²) in [6, 6.07) is 5.68. The van der Waals surface area contributed by atoms with Crippen molar-refractivity contribution < 1.29 is 52.5 Å². The van der Waals surface area contributed by atoms with E-state index in [9.17, 15) is 28.8 Å². The molecule has 0 fully saturated rings. The number of hydrogen-bond acceptors (Lipinski definition) is 15. The summed E-state index contributed by atoms with van der Waals surface area (Å²) in [5.74, 6) is 4.06. The molecular formula is C44H69N11O11S. The predicted molar refractivity (Wildman–Crippen MR) is 257 cm³/mol. The van der Waals surface area contributed by atoms with Crippen LogP contribution >= 0.6 is 12.2 Å². The van der Waals surface area contributed by atoms with E-state index >= 15 is 0 Å². The van der Waals surface area contributed by atoms with Crippen LogP contribution in [0.5, 0.6) is 5.75 Å². The molecule has 0 spiro atoms. The van der Waals surface area contributed by atoms with Gasteiger partial charge in [0.05, 0.1) is 72.2 Å². The maximum atomic E-state index is 12.5. The molecule has 23 heteroatoms. The second-order valence-corrected chi connectivity index (χ2v) is 15.2. The van der Waals surface area contributed by atoms with Gasteiger partial charge in [0.1, 0.15) is 17.8 Å². The van der Waals surface area contributed by atoms with Crippen LogP contribution in [0.25, 0.3) is 0 Å². The number of thiocarbonyl (C=S) groups is 1. The molecule has 1 heterocycles. The summed E-state index contributed by atoms with van der Waals surface area (Å²) in [6.45, 7) is 10.8. The Bertz CT molecular complexity index is 1800. The predicted octanol–water partition coefficient (Wildman–Crippen LogP) is 0.0442. The SMILES string of the molecule is C=C1C=CC(=O)N1CCNC(=O)CCOCCOCCOCCOCCNC(=O)C(C)NC(=O)CNC(=O)C(C)NC(=O)CCCN=C/C(CCCCNC(=S)Nc1ccc(OC)cc1)=N\N. The third kappa shape index (κ3) is 27.3. The minimum atomic E-state index is -0.891. The topological polar surface area (TPSA) is 287 Å². The molecule has 1 aliphatic heterocycles. The van der Waals surface area contributed by atoms with Crippen molar-refractivity contribution in [1.29, 1.82) is 0 Å². The Kier molecular flexibility index (Phi) is 30.0. The van der Waals surface area contributed by atoms with Gasteiger partial charge in [0, 0.05) is 69.2 Å². The van der Waals surface area contributed by atoms with Gasteiger partial charge in [-0.1, -0.05) is 6.58 Å². The fourth-order valence-electron chi connectivity index (χ4n) is 5.67. The van der Waals surface area contributed by atoms with E-state index in [1.165, 1.54) is 24.8 Å². The lowest BCUT2D eigenvalue weighted by molar-refractivity contribution is -0.131. The number of carbonyl (C=O) groups is 6. The number of ether oxygens (including phenoxy) is 5. The number of rotatable bonds is 36. The van der Waals surface area contributed by atoms with Crippen molar-refractivity contribution in [2.24, 2.45) is 15.9 Å². The number of benzene rings is 1. The number of nitrogens with two attached hydrogens (primary N) is 1. The Morgan fingerprint density at radius 1 is 0.731 bits per heavy atom. The molecule has 0 radical (unpaired) electrons. The normalized spacial score (nSPS) is 13.2. The number of allylic oxidation sites excluding steroid dienone is 1. The Morgan fingerprint density at radius 2 is 1.36 bits per heavy atom. The molecule has 2 atom stereocenters. The van der Waals surface area contributed by atoms with Crippen LogP contribution < -0.4 is 47.8 Å². The molecule has 9 N–H and O–H groups in total. The van der Waals surface area contributed by atoms with Crippen molar-refractivity contribution in [1.82, 2.24) is 36.8 Å². The molecule has 0 saturated heterocycles. The number of methoxy groups -OCH3 is 1. The standard InChI is InChI=1S/C44H69N11O11S/c1-32-10-15-41(59)55(32)21-19-47-38(56)16-22-63-24-26-65-28-29-66-27-25-64-23-20-48-42(60)33(2)52-40(58)31-50-43(61)34(3)51-39(57)9-7-17-46-30-36(54-45)8-5-6-18-49-44(67)53-35-11-13-37(62-4)14-12-35/h10-15,30,33-34H,1,5-9,16-29,31,45H2,2-4H3,(H,47,56)(H,48,60)(H,50,61)(H,51,57)(H,52,58)(H2,49,53,67)/b46-30?,54-36-. The first-order chi connectivity index (χ1) is 32.3. The lowest BCUT2D eigenvalue weighted by Gasteiger charge is -2.17. The van der Waals surface area contributed by atoms with E-state index in [0.29, 0.717) is 95.2 Å². The average Bonchev–Trinajstić information content (AvgIpc) is 3.63. The Balaban J connectivity index is 1.39. The summed E-state index contributed by atoms with van der Waals surface area (Å²) in [5, 5.41) is 23.6. The lowest BCUT2D eigenvalue weighted by Crippen LogP contribution is -2.50. The average molecular weight is 960 g/mol. The molecule has 2 rings (SSSR count). The van der Waals surface area contributed by atoms with E-state index in [1.807, 2.05) is 24.3 Å². The summed E-state index contributed by atoms with van der Waals surface area (Å²) in [4.78, 5) is 78.9. The van der Waals surface area contributed by atoms with Crippen LogP contribution in [0.2, 0.25) is 0 Å². The van der Waals surface area contributed by atoms with E-state index < -0.39 is 29.8 Å². The van der Waals surface area contributed by atoms with Gasteiger partial charge in [0.2, 0.25) is 29.5 Å². The molecule has 372 valence electrons. The molecule has 0 aliphatic carbocycles. The molecule has 0 saturated carbocycles. The summed E-state index contributed by atoms with van der Waals surface area (Å²) < 4.78 is 26.9. The van der Waals surface area contributed by atoms with Crippen LogP contribution in [0.3, 0.4) is 0 Å². The highest BCUT2D eigenvalue weighted by Gasteiger charge is 2.20. The van der Waals surface area contributed by atoms with E-state index in [2.05, 4.69) is 53.9 Å². The van der Waals surface area contributed by atoms with Crippen molar-refractivity contribution in [2.75, 3.05) is 105 Å². The molecule has 0 bridgehead atoms. The van der Waals surface area contributed by atoms with E-state index in [0.717, 1.165) is 24.3 Å². The molecule has 0 aromatic heterocycles. The molecule has 1 aliphatic rings.